The van der Waals surface area contributed by atoms with E-state index >= 15 is 0 Å². The molecule has 0 fully saturated rings. The zero-order valence-corrected chi connectivity index (χ0v) is 11.4. The highest BCUT2D eigenvalue weighted by Crippen LogP contribution is 2.20. The van der Waals surface area contributed by atoms with E-state index in [4.69, 9.17) is 4.42 Å². The number of nitrogens with zero attached hydrogens (tertiary/aromatic N) is 2. The van der Waals surface area contributed by atoms with Crippen LogP contribution in [0.15, 0.2) is 27.6 Å². The Bertz CT molecular complexity index is 577. The maximum atomic E-state index is 11.2. The highest BCUT2D eigenvalue weighted by Gasteiger charge is 2.15. The van der Waals surface area contributed by atoms with E-state index in [1.165, 1.54) is 23.2 Å². The molecule has 2 rings (SSSR count). The van der Waals surface area contributed by atoms with Crippen molar-refractivity contribution in [2.75, 3.05) is 0 Å². The summed E-state index contributed by atoms with van der Waals surface area (Å²) in [6, 6.07) is 0. The van der Waals surface area contributed by atoms with Gasteiger partial charge < -0.3 is 9.32 Å². The molecule has 0 atom stereocenters. The van der Waals surface area contributed by atoms with Crippen molar-refractivity contribution in [1.29, 1.82) is 0 Å². The number of aryl methyl sites for hydroxylation is 1. The summed E-state index contributed by atoms with van der Waals surface area (Å²) in [4.78, 5) is 6.09. The summed E-state index contributed by atoms with van der Waals surface area (Å²) in [5.41, 5.74) is 0.842. The maximum Gasteiger partial charge on any atom is 0.197 e. The molecule has 6 heteroatoms. The van der Waals surface area contributed by atoms with E-state index in [9.17, 15) is 8.42 Å². The molecule has 0 amide bonds. The summed E-state index contributed by atoms with van der Waals surface area (Å²) in [7, 11) is -3.18. The number of rotatable bonds is 3. The van der Waals surface area contributed by atoms with Gasteiger partial charge in [0.25, 0.3) is 0 Å². The Morgan fingerprint density at radius 1 is 1.33 bits per heavy atom. The molecular weight excluding hydrogens is 252 g/mol. The third-order valence-corrected chi connectivity index (χ3v) is 3.62. The Balaban J connectivity index is 2.14. The number of hydrogen-bond donors (Lipinski definition) is 0. The van der Waals surface area contributed by atoms with Crippen molar-refractivity contribution < 1.29 is 12.8 Å². The van der Waals surface area contributed by atoms with E-state index in [1.807, 2.05) is 20.8 Å². The molecule has 18 heavy (non-hydrogen) atoms. The van der Waals surface area contributed by atoms with Crippen LogP contribution in [0, 0.1) is 6.92 Å². The number of sulfone groups is 1. The predicted molar refractivity (Wildman–Crippen MR) is 68.1 cm³/mol. The van der Waals surface area contributed by atoms with Gasteiger partial charge in [0, 0.05) is 18.3 Å². The minimum absolute atomic E-state index is 0.241. The van der Waals surface area contributed by atoms with Gasteiger partial charge >= 0.3 is 0 Å². The lowest BCUT2D eigenvalue weighted by Crippen LogP contribution is -2.13. The van der Waals surface area contributed by atoms with Crippen molar-refractivity contribution in [2.24, 2.45) is 0 Å². The van der Waals surface area contributed by atoms with E-state index in [2.05, 4.69) is 4.98 Å². The summed E-state index contributed by atoms with van der Waals surface area (Å²) in [5, 5.41) is 2.34. The molecule has 0 unspecified atom stereocenters. The van der Waals surface area contributed by atoms with Crippen LogP contribution in [0.5, 0.6) is 0 Å². The normalized spacial score (nSPS) is 17.7. The molecule has 98 valence electrons. The van der Waals surface area contributed by atoms with Crippen molar-refractivity contribution in [3.8, 4) is 0 Å². The fourth-order valence-corrected chi connectivity index (χ4v) is 2.28. The van der Waals surface area contributed by atoms with Crippen molar-refractivity contribution in [3.05, 3.63) is 40.6 Å². The van der Waals surface area contributed by atoms with Gasteiger partial charge in [-0.05, 0) is 6.92 Å². The Morgan fingerprint density at radius 2 is 1.94 bits per heavy atom. The van der Waals surface area contributed by atoms with Gasteiger partial charge in [-0.15, -0.1) is 0 Å². The van der Waals surface area contributed by atoms with Gasteiger partial charge in [0.2, 0.25) is 0 Å². The third-order valence-electron chi connectivity index (χ3n) is 2.61. The van der Waals surface area contributed by atoms with E-state index in [0.717, 1.165) is 11.5 Å². The highest BCUT2D eigenvalue weighted by atomic mass is 32.2. The highest BCUT2D eigenvalue weighted by molar-refractivity contribution is 7.97. The van der Waals surface area contributed by atoms with Crippen LogP contribution in [0.3, 0.4) is 0 Å². The van der Waals surface area contributed by atoms with Gasteiger partial charge in [-0.25, -0.2) is 13.4 Å². The molecule has 1 aromatic rings. The van der Waals surface area contributed by atoms with Crippen molar-refractivity contribution in [3.63, 3.8) is 0 Å². The van der Waals surface area contributed by atoms with Gasteiger partial charge in [0.1, 0.15) is 5.76 Å². The molecule has 0 aromatic carbocycles. The largest absolute Gasteiger partial charge is 0.443 e. The second-order valence-corrected chi connectivity index (χ2v) is 6.27. The second-order valence-electron chi connectivity index (χ2n) is 4.55. The lowest BCUT2D eigenvalue weighted by atomic mass is 10.2. The summed E-state index contributed by atoms with van der Waals surface area (Å²) in [6.45, 7) is 6.40. The molecule has 5 nitrogen and oxygen atoms in total. The summed E-state index contributed by atoms with van der Waals surface area (Å²) in [5.74, 6) is 1.71. The smallest absolute Gasteiger partial charge is 0.197 e. The van der Waals surface area contributed by atoms with Crippen LogP contribution in [0.25, 0.3) is 0 Å². The average molecular weight is 268 g/mol. The maximum absolute atomic E-state index is 11.2. The minimum Gasteiger partial charge on any atom is -0.443 e. The fraction of sp³-hybridized carbons (Fsp3) is 0.417. The summed E-state index contributed by atoms with van der Waals surface area (Å²) < 4.78 is 28.0. The first-order valence-electron chi connectivity index (χ1n) is 5.71. The topological polar surface area (TPSA) is 63.4 Å². The van der Waals surface area contributed by atoms with Crippen molar-refractivity contribution in [1.82, 2.24) is 9.88 Å². The van der Waals surface area contributed by atoms with E-state index < -0.39 is 9.84 Å². The van der Waals surface area contributed by atoms with Gasteiger partial charge in [0.05, 0.1) is 23.1 Å². The molecule has 0 radical (unpaired) electrons. The number of aromatic nitrogens is 1. The quantitative estimate of drug-likeness (QED) is 0.841. The standard InChI is InChI=1S/C12H16N2O3S/c1-9(2)12-13-10(3)11(17-12)8-14-4-6-18(15,16)7-5-14/h4-7,9H,8H2,1-3H3. The van der Waals surface area contributed by atoms with Crippen LogP contribution < -0.4 is 0 Å². The zero-order chi connectivity index (χ0) is 13.3. The minimum atomic E-state index is -3.18. The first-order valence-corrected chi connectivity index (χ1v) is 7.32. The fourth-order valence-electron chi connectivity index (χ4n) is 1.54. The van der Waals surface area contributed by atoms with Gasteiger partial charge in [-0.3, -0.25) is 0 Å². The predicted octanol–water partition coefficient (Wildman–Crippen LogP) is 2.28. The van der Waals surface area contributed by atoms with Crippen LogP contribution in [0.2, 0.25) is 0 Å². The second kappa shape index (κ2) is 4.61. The molecule has 1 aromatic heterocycles. The zero-order valence-electron chi connectivity index (χ0n) is 10.6. The summed E-state index contributed by atoms with van der Waals surface area (Å²) >= 11 is 0. The molecule has 0 bridgehead atoms. The molecule has 0 N–H and O–H groups in total. The molecule has 0 saturated heterocycles. The van der Waals surface area contributed by atoms with Crippen molar-refractivity contribution in [2.45, 2.75) is 33.2 Å². The van der Waals surface area contributed by atoms with Crippen LogP contribution in [0.4, 0.5) is 0 Å². The Morgan fingerprint density at radius 3 is 2.44 bits per heavy atom. The lowest BCUT2D eigenvalue weighted by Gasteiger charge is -2.16. The van der Waals surface area contributed by atoms with E-state index in [-0.39, 0.29) is 5.92 Å². The third kappa shape index (κ3) is 2.81. The first-order chi connectivity index (χ1) is 8.37. The average Bonchev–Trinajstić information content (AvgIpc) is 2.64. The van der Waals surface area contributed by atoms with Crippen LogP contribution in [0.1, 0.15) is 37.1 Å². The van der Waals surface area contributed by atoms with E-state index in [0.29, 0.717) is 12.4 Å². The molecule has 2 heterocycles. The molecule has 1 aliphatic rings. The van der Waals surface area contributed by atoms with Crippen LogP contribution in [-0.4, -0.2) is 18.3 Å². The molecular formula is C12H16N2O3S. The van der Waals surface area contributed by atoms with Crippen LogP contribution >= 0.6 is 0 Å². The number of oxazole rings is 1. The van der Waals surface area contributed by atoms with Gasteiger partial charge in [-0.2, -0.15) is 0 Å². The van der Waals surface area contributed by atoms with Gasteiger partial charge in [-0.1, -0.05) is 13.8 Å². The Hall–Kier alpha value is -1.56. The first kappa shape index (κ1) is 12.9. The molecule has 0 spiro atoms. The SMILES string of the molecule is Cc1nc(C(C)C)oc1CN1C=CS(=O)(=O)C=C1. The molecule has 1 aliphatic heterocycles. The number of hydrogen-bond acceptors (Lipinski definition) is 5. The Kier molecular flexibility index (Phi) is 3.30. The van der Waals surface area contributed by atoms with Crippen molar-refractivity contribution >= 4 is 9.84 Å². The monoisotopic (exact) mass is 268 g/mol. The Labute approximate surface area is 107 Å². The summed E-state index contributed by atoms with van der Waals surface area (Å²) in [6.07, 6.45) is 3.04. The van der Waals surface area contributed by atoms with Crippen LogP contribution in [-0.2, 0) is 16.4 Å². The molecule has 0 saturated carbocycles. The molecule has 0 aliphatic carbocycles. The van der Waals surface area contributed by atoms with E-state index in [1.54, 1.807) is 4.90 Å². The lowest BCUT2D eigenvalue weighted by molar-refractivity contribution is 0.378. The van der Waals surface area contributed by atoms with Gasteiger partial charge in [0.15, 0.2) is 15.7 Å².